The van der Waals surface area contributed by atoms with E-state index < -0.39 is 0 Å². The Kier molecular flexibility index (Phi) is 1.93. The van der Waals surface area contributed by atoms with Gasteiger partial charge in [0, 0.05) is 11.6 Å². The molecule has 1 aromatic heterocycles. The predicted octanol–water partition coefficient (Wildman–Crippen LogP) is 2.00. The summed E-state index contributed by atoms with van der Waals surface area (Å²) in [5, 5.41) is 1.03. The van der Waals surface area contributed by atoms with Crippen molar-refractivity contribution >= 4 is 10.9 Å². The normalized spacial score (nSPS) is 9.31. The molecule has 1 aromatic carbocycles. The van der Waals surface area contributed by atoms with Crippen molar-refractivity contribution in [1.82, 2.24) is 9.97 Å². The van der Waals surface area contributed by atoms with Crippen LogP contribution in [0.3, 0.4) is 0 Å². The molecule has 0 radical (unpaired) electrons. The van der Waals surface area contributed by atoms with E-state index in [0.29, 0.717) is 0 Å². The van der Waals surface area contributed by atoms with E-state index >= 15 is 0 Å². The second kappa shape index (κ2) is 3.24. The summed E-state index contributed by atoms with van der Waals surface area (Å²) >= 11 is 0. The van der Waals surface area contributed by atoms with Gasteiger partial charge in [0.15, 0.2) is 0 Å². The van der Waals surface area contributed by atoms with Crippen LogP contribution >= 0.6 is 0 Å². The maximum Gasteiger partial charge on any atom is 0.116 e. The second-order valence-corrected chi connectivity index (χ2v) is 2.64. The first-order valence-electron chi connectivity index (χ1n) is 4.03. The van der Waals surface area contributed by atoms with E-state index in [4.69, 9.17) is 0 Å². The average Bonchev–Trinajstić information content (AvgIpc) is 2.19. The maximum atomic E-state index is 4.19. The highest BCUT2D eigenvalue weighted by Crippen LogP contribution is 2.13. The van der Waals surface area contributed by atoms with Gasteiger partial charge in [-0.2, -0.15) is 0 Å². The Morgan fingerprint density at radius 3 is 3.08 bits per heavy atom. The molecule has 0 bridgehead atoms. The molecule has 0 saturated heterocycles. The molecule has 0 unspecified atom stereocenters. The summed E-state index contributed by atoms with van der Waals surface area (Å²) in [5.41, 5.74) is 1.88. The van der Waals surface area contributed by atoms with Crippen LogP contribution in [0.1, 0.15) is 12.5 Å². The molecule has 1 heterocycles. The summed E-state index contributed by atoms with van der Waals surface area (Å²) in [6.07, 6.45) is 3.34. The Morgan fingerprint density at radius 1 is 1.31 bits per heavy atom. The van der Waals surface area contributed by atoms with E-state index in [-0.39, 0.29) is 0 Å². The molecule has 2 heteroatoms. The minimum absolute atomic E-state index is 0.923. The van der Waals surface area contributed by atoms with Gasteiger partial charge in [-0.25, -0.2) is 9.97 Å². The molecule has 2 rings (SSSR count). The fraction of sp³-hybridized carbons (Fsp3) is 0.0909. The van der Waals surface area contributed by atoms with Crippen LogP contribution in [0.4, 0.5) is 0 Å². The number of hydrogen-bond acceptors (Lipinski definition) is 2. The van der Waals surface area contributed by atoms with Crippen molar-refractivity contribution in [3.63, 3.8) is 0 Å². The van der Waals surface area contributed by atoms with Gasteiger partial charge in [0.2, 0.25) is 0 Å². The molecule has 0 N–H and O–H groups in total. The van der Waals surface area contributed by atoms with Gasteiger partial charge in [0.1, 0.15) is 6.33 Å². The van der Waals surface area contributed by atoms with Gasteiger partial charge in [-0.1, -0.05) is 18.1 Å². The zero-order valence-electron chi connectivity index (χ0n) is 7.28. The minimum Gasteiger partial charge on any atom is -0.244 e. The number of nitrogens with zero attached hydrogens (tertiary/aromatic N) is 2. The van der Waals surface area contributed by atoms with E-state index in [0.717, 1.165) is 16.5 Å². The van der Waals surface area contributed by atoms with Crippen LogP contribution in [0, 0.1) is 11.8 Å². The third kappa shape index (κ3) is 1.36. The first-order chi connectivity index (χ1) is 6.42. The molecule has 0 atom stereocenters. The molecular weight excluding hydrogens is 160 g/mol. The average molecular weight is 168 g/mol. The zero-order valence-corrected chi connectivity index (χ0v) is 7.28. The topological polar surface area (TPSA) is 25.8 Å². The zero-order chi connectivity index (χ0) is 9.10. The smallest absolute Gasteiger partial charge is 0.116 e. The largest absolute Gasteiger partial charge is 0.244 e. The van der Waals surface area contributed by atoms with E-state index in [1.54, 1.807) is 12.5 Å². The third-order valence-electron chi connectivity index (χ3n) is 1.79. The SMILES string of the molecule is CC#Cc1cccc2cncnc12. The van der Waals surface area contributed by atoms with Crippen LogP contribution in [-0.2, 0) is 0 Å². The van der Waals surface area contributed by atoms with Crippen LogP contribution < -0.4 is 0 Å². The Bertz CT molecular complexity index is 487. The Morgan fingerprint density at radius 2 is 2.23 bits per heavy atom. The van der Waals surface area contributed by atoms with Crippen LogP contribution in [0.15, 0.2) is 30.7 Å². The van der Waals surface area contributed by atoms with Crippen LogP contribution in [0.2, 0.25) is 0 Å². The number of fused-ring (bicyclic) bond motifs is 1. The predicted molar refractivity (Wildman–Crippen MR) is 52.1 cm³/mol. The summed E-state index contributed by atoms with van der Waals surface area (Å²) in [7, 11) is 0. The lowest BCUT2D eigenvalue weighted by Crippen LogP contribution is -1.84. The number of rotatable bonds is 0. The van der Waals surface area contributed by atoms with E-state index in [1.807, 2.05) is 25.1 Å². The first kappa shape index (κ1) is 7.75. The van der Waals surface area contributed by atoms with Gasteiger partial charge in [-0.15, -0.1) is 5.92 Å². The lowest BCUT2D eigenvalue weighted by Gasteiger charge is -1.96. The second-order valence-electron chi connectivity index (χ2n) is 2.64. The summed E-state index contributed by atoms with van der Waals surface area (Å²) in [6.45, 7) is 1.82. The molecule has 62 valence electrons. The molecule has 0 aliphatic rings. The van der Waals surface area contributed by atoms with Gasteiger partial charge >= 0.3 is 0 Å². The van der Waals surface area contributed by atoms with Crippen LogP contribution in [0.25, 0.3) is 10.9 Å². The monoisotopic (exact) mass is 168 g/mol. The van der Waals surface area contributed by atoms with Crippen molar-refractivity contribution in [3.8, 4) is 11.8 Å². The fourth-order valence-electron chi connectivity index (χ4n) is 1.25. The molecular formula is C11H8N2. The first-order valence-corrected chi connectivity index (χ1v) is 4.03. The molecule has 13 heavy (non-hydrogen) atoms. The number of benzene rings is 1. The van der Waals surface area contributed by atoms with E-state index in [2.05, 4.69) is 21.8 Å². The highest BCUT2D eigenvalue weighted by atomic mass is 14.8. The molecule has 2 aromatic rings. The number of aromatic nitrogens is 2. The Hall–Kier alpha value is -1.88. The quantitative estimate of drug-likeness (QED) is 0.562. The maximum absolute atomic E-state index is 4.19. The molecule has 0 aliphatic heterocycles. The van der Waals surface area contributed by atoms with Gasteiger partial charge in [0.05, 0.1) is 11.1 Å². The highest BCUT2D eigenvalue weighted by Gasteiger charge is 1.97. The van der Waals surface area contributed by atoms with E-state index in [9.17, 15) is 0 Å². The molecule has 0 fully saturated rings. The summed E-state index contributed by atoms with van der Waals surface area (Å²) in [5.74, 6) is 5.88. The highest BCUT2D eigenvalue weighted by molar-refractivity contribution is 5.83. The standard InChI is InChI=1S/C11H8N2/c1-2-4-9-5-3-6-10-7-12-8-13-11(9)10/h3,5-8H,1H3. The summed E-state index contributed by atoms with van der Waals surface area (Å²) < 4.78 is 0. The molecule has 2 nitrogen and oxygen atoms in total. The van der Waals surface area contributed by atoms with Crippen molar-refractivity contribution in [1.29, 1.82) is 0 Å². The van der Waals surface area contributed by atoms with Gasteiger partial charge in [-0.05, 0) is 13.0 Å². The molecule has 0 saturated carbocycles. The summed E-state index contributed by atoms with van der Waals surface area (Å²) in [6, 6.07) is 5.91. The van der Waals surface area contributed by atoms with Gasteiger partial charge in [-0.3, -0.25) is 0 Å². The minimum atomic E-state index is 0.923. The molecule has 0 aliphatic carbocycles. The lowest BCUT2D eigenvalue weighted by atomic mass is 10.1. The molecule has 0 amide bonds. The number of hydrogen-bond donors (Lipinski definition) is 0. The summed E-state index contributed by atoms with van der Waals surface area (Å²) in [4.78, 5) is 8.14. The molecule has 0 spiro atoms. The van der Waals surface area contributed by atoms with Crippen molar-refractivity contribution in [2.45, 2.75) is 6.92 Å². The fourth-order valence-corrected chi connectivity index (χ4v) is 1.25. The Labute approximate surface area is 76.6 Å². The van der Waals surface area contributed by atoms with Crippen molar-refractivity contribution in [2.24, 2.45) is 0 Å². The third-order valence-corrected chi connectivity index (χ3v) is 1.79. The van der Waals surface area contributed by atoms with Crippen LogP contribution in [-0.4, -0.2) is 9.97 Å². The number of para-hydroxylation sites is 1. The van der Waals surface area contributed by atoms with E-state index in [1.165, 1.54) is 0 Å². The van der Waals surface area contributed by atoms with Gasteiger partial charge in [0.25, 0.3) is 0 Å². The van der Waals surface area contributed by atoms with Crippen molar-refractivity contribution in [3.05, 3.63) is 36.3 Å². The van der Waals surface area contributed by atoms with Gasteiger partial charge < -0.3 is 0 Å². The lowest BCUT2D eigenvalue weighted by molar-refractivity contribution is 1.22. The van der Waals surface area contributed by atoms with Crippen molar-refractivity contribution < 1.29 is 0 Å². The Balaban J connectivity index is 2.80. The van der Waals surface area contributed by atoms with Crippen molar-refractivity contribution in [2.75, 3.05) is 0 Å². The van der Waals surface area contributed by atoms with Crippen LogP contribution in [0.5, 0.6) is 0 Å².